The molecule has 1 aliphatic rings. The van der Waals surface area contributed by atoms with Crippen LogP contribution >= 0.6 is 0 Å². The SMILES string of the molecule is O=C1NC(=O)C(=Cc2ccc(OCc3ccc(C(=O)O)o3)cc2)C(=O)N1. The van der Waals surface area contributed by atoms with Crippen LogP contribution in [0.15, 0.2) is 46.4 Å². The zero-order valence-electron chi connectivity index (χ0n) is 13.1. The highest BCUT2D eigenvalue weighted by molar-refractivity contribution is 6.31. The number of rotatable bonds is 5. The summed E-state index contributed by atoms with van der Waals surface area (Å²) in [7, 11) is 0. The Morgan fingerprint density at radius 3 is 2.27 bits per heavy atom. The van der Waals surface area contributed by atoms with Gasteiger partial charge in [-0.25, -0.2) is 9.59 Å². The number of nitrogens with one attached hydrogen (secondary N) is 2. The van der Waals surface area contributed by atoms with Crippen molar-refractivity contribution in [1.29, 1.82) is 0 Å². The Hall–Kier alpha value is -3.88. The third kappa shape index (κ3) is 3.78. The van der Waals surface area contributed by atoms with Gasteiger partial charge in [-0.05, 0) is 35.9 Å². The molecule has 1 aromatic carbocycles. The lowest BCUT2D eigenvalue weighted by atomic mass is 10.1. The number of imide groups is 2. The third-order valence-corrected chi connectivity index (χ3v) is 3.39. The fourth-order valence-electron chi connectivity index (χ4n) is 2.16. The number of aromatic carboxylic acids is 1. The van der Waals surface area contributed by atoms with Gasteiger partial charge in [-0.3, -0.25) is 20.2 Å². The zero-order chi connectivity index (χ0) is 18.7. The number of ether oxygens (including phenoxy) is 1. The average Bonchev–Trinajstić information content (AvgIpc) is 3.06. The number of carboxylic acid groups (broad SMARTS) is 1. The van der Waals surface area contributed by atoms with E-state index >= 15 is 0 Å². The van der Waals surface area contributed by atoms with Gasteiger partial charge in [-0.15, -0.1) is 0 Å². The molecule has 0 saturated carbocycles. The monoisotopic (exact) mass is 356 g/mol. The molecule has 1 fully saturated rings. The third-order valence-electron chi connectivity index (χ3n) is 3.39. The summed E-state index contributed by atoms with van der Waals surface area (Å²) >= 11 is 0. The normalized spacial score (nSPS) is 13.8. The molecule has 2 aromatic rings. The number of benzene rings is 1. The van der Waals surface area contributed by atoms with Crippen LogP contribution < -0.4 is 15.4 Å². The Kier molecular flexibility index (Phi) is 4.52. The predicted octanol–water partition coefficient (Wildman–Crippen LogP) is 1.31. The number of hydrogen-bond acceptors (Lipinski definition) is 6. The van der Waals surface area contributed by atoms with E-state index in [0.717, 1.165) is 0 Å². The molecule has 0 bridgehead atoms. The summed E-state index contributed by atoms with van der Waals surface area (Å²) in [6.07, 6.45) is 1.34. The predicted molar refractivity (Wildman–Crippen MR) is 86.1 cm³/mol. The van der Waals surface area contributed by atoms with Crippen LogP contribution in [0.1, 0.15) is 21.9 Å². The van der Waals surface area contributed by atoms with Crippen molar-refractivity contribution in [2.75, 3.05) is 0 Å². The number of carbonyl (C=O) groups excluding carboxylic acids is 3. The first-order chi connectivity index (χ1) is 12.4. The van der Waals surface area contributed by atoms with Crippen LogP contribution in [-0.2, 0) is 16.2 Å². The van der Waals surface area contributed by atoms with Crippen molar-refractivity contribution < 1.29 is 33.4 Å². The molecule has 9 nitrogen and oxygen atoms in total. The quantitative estimate of drug-likeness (QED) is 0.543. The maximum absolute atomic E-state index is 11.7. The molecular weight excluding hydrogens is 344 g/mol. The standard InChI is InChI=1S/C17H12N2O7/c20-14-12(15(21)19-17(24)18-14)7-9-1-3-10(4-2-9)25-8-11-5-6-13(26-11)16(22)23/h1-7H,8H2,(H,22,23)(H2,18,19,20,21,24). The molecule has 2 heterocycles. The number of barbiturate groups is 1. The van der Waals surface area contributed by atoms with Crippen LogP contribution in [-0.4, -0.2) is 28.9 Å². The number of furan rings is 1. The molecule has 3 N–H and O–H groups in total. The minimum Gasteiger partial charge on any atom is -0.486 e. The summed E-state index contributed by atoms with van der Waals surface area (Å²) in [5, 5.41) is 12.8. The second-order valence-corrected chi connectivity index (χ2v) is 5.22. The van der Waals surface area contributed by atoms with Gasteiger partial charge in [0.1, 0.15) is 23.7 Å². The zero-order valence-corrected chi connectivity index (χ0v) is 13.1. The number of urea groups is 1. The van der Waals surface area contributed by atoms with E-state index < -0.39 is 23.8 Å². The topological polar surface area (TPSA) is 135 Å². The van der Waals surface area contributed by atoms with Gasteiger partial charge in [0.05, 0.1) is 0 Å². The lowest BCUT2D eigenvalue weighted by Gasteiger charge is -2.13. The van der Waals surface area contributed by atoms with Gasteiger partial charge in [0.25, 0.3) is 11.8 Å². The number of carbonyl (C=O) groups is 4. The van der Waals surface area contributed by atoms with Gasteiger partial charge in [0.2, 0.25) is 5.76 Å². The van der Waals surface area contributed by atoms with E-state index in [0.29, 0.717) is 17.1 Å². The van der Waals surface area contributed by atoms with Crippen molar-refractivity contribution in [3.63, 3.8) is 0 Å². The molecule has 9 heteroatoms. The fraction of sp³-hybridized carbons (Fsp3) is 0.0588. The van der Waals surface area contributed by atoms with E-state index in [1.165, 1.54) is 18.2 Å². The van der Waals surface area contributed by atoms with Crippen molar-refractivity contribution in [3.05, 3.63) is 59.1 Å². The first-order valence-electron chi connectivity index (χ1n) is 7.35. The van der Waals surface area contributed by atoms with Crippen molar-refractivity contribution in [2.45, 2.75) is 6.61 Å². The van der Waals surface area contributed by atoms with Crippen LogP contribution in [0.2, 0.25) is 0 Å². The molecule has 0 spiro atoms. The van der Waals surface area contributed by atoms with E-state index in [1.54, 1.807) is 24.3 Å². The highest BCUT2D eigenvalue weighted by Gasteiger charge is 2.27. The number of amides is 4. The van der Waals surface area contributed by atoms with Crippen molar-refractivity contribution in [2.24, 2.45) is 0 Å². The highest BCUT2D eigenvalue weighted by Crippen LogP contribution is 2.17. The second-order valence-electron chi connectivity index (χ2n) is 5.22. The Morgan fingerprint density at radius 1 is 1.04 bits per heavy atom. The highest BCUT2D eigenvalue weighted by atomic mass is 16.5. The van der Waals surface area contributed by atoms with Crippen LogP contribution in [0.5, 0.6) is 5.75 Å². The van der Waals surface area contributed by atoms with E-state index in [4.69, 9.17) is 14.3 Å². The summed E-state index contributed by atoms with van der Waals surface area (Å²) < 4.78 is 10.5. The first kappa shape index (κ1) is 17.0. The molecule has 0 unspecified atom stereocenters. The molecule has 132 valence electrons. The maximum atomic E-state index is 11.7. The molecule has 26 heavy (non-hydrogen) atoms. The Balaban J connectivity index is 1.65. The minimum atomic E-state index is -1.16. The van der Waals surface area contributed by atoms with E-state index in [1.807, 2.05) is 10.6 Å². The molecule has 0 radical (unpaired) electrons. The first-order valence-corrected chi connectivity index (χ1v) is 7.35. The molecule has 4 amide bonds. The van der Waals surface area contributed by atoms with Crippen LogP contribution in [0.25, 0.3) is 6.08 Å². The largest absolute Gasteiger partial charge is 0.486 e. The smallest absolute Gasteiger partial charge is 0.371 e. The molecule has 0 aliphatic carbocycles. The summed E-state index contributed by atoms with van der Waals surface area (Å²) in [5.74, 6) is -2.04. The summed E-state index contributed by atoms with van der Waals surface area (Å²) in [6, 6.07) is 8.43. The van der Waals surface area contributed by atoms with E-state index in [9.17, 15) is 19.2 Å². The van der Waals surface area contributed by atoms with Crippen LogP contribution in [0, 0.1) is 0 Å². The van der Waals surface area contributed by atoms with E-state index in [2.05, 4.69) is 0 Å². The van der Waals surface area contributed by atoms with Gasteiger partial charge >= 0.3 is 12.0 Å². The summed E-state index contributed by atoms with van der Waals surface area (Å²) in [5.41, 5.74) is 0.369. The van der Waals surface area contributed by atoms with E-state index in [-0.39, 0.29) is 17.9 Å². The molecule has 1 aliphatic heterocycles. The van der Waals surface area contributed by atoms with Gasteiger partial charge < -0.3 is 14.3 Å². The second kappa shape index (κ2) is 6.93. The Labute approximate surface area is 146 Å². The van der Waals surface area contributed by atoms with Gasteiger partial charge in [0, 0.05) is 0 Å². The molecule has 0 atom stereocenters. The van der Waals surface area contributed by atoms with Crippen LogP contribution in [0.3, 0.4) is 0 Å². The lowest BCUT2D eigenvalue weighted by molar-refractivity contribution is -0.123. The molecule has 1 aromatic heterocycles. The lowest BCUT2D eigenvalue weighted by Crippen LogP contribution is -2.51. The summed E-state index contributed by atoms with van der Waals surface area (Å²) in [4.78, 5) is 45.1. The fourth-order valence-corrected chi connectivity index (χ4v) is 2.16. The Bertz CT molecular complexity index is 903. The average molecular weight is 356 g/mol. The van der Waals surface area contributed by atoms with Gasteiger partial charge in [-0.2, -0.15) is 0 Å². The maximum Gasteiger partial charge on any atom is 0.371 e. The Morgan fingerprint density at radius 2 is 1.69 bits per heavy atom. The van der Waals surface area contributed by atoms with Gasteiger partial charge in [0.15, 0.2) is 0 Å². The van der Waals surface area contributed by atoms with Gasteiger partial charge in [-0.1, -0.05) is 12.1 Å². The minimum absolute atomic E-state index is 0.0423. The summed E-state index contributed by atoms with van der Waals surface area (Å²) in [6.45, 7) is 0.0423. The number of carboxylic acids is 1. The molecule has 1 saturated heterocycles. The van der Waals surface area contributed by atoms with Crippen molar-refractivity contribution in [1.82, 2.24) is 10.6 Å². The van der Waals surface area contributed by atoms with Crippen molar-refractivity contribution >= 4 is 29.9 Å². The van der Waals surface area contributed by atoms with Crippen LogP contribution in [0.4, 0.5) is 4.79 Å². The molecular formula is C17H12N2O7. The molecule has 3 rings (SSSR count). The van der Waals surface area contributed by atoms with Crippen molar-refractivity contribution in [3.8, 4) is 5.75 Å². The number of hydrogen-bond donors (Lipinski definition) is 3.